The van der Waals surface area contributed by atoms with Gasteiger partial charge in [-0.3, -0.25) is 4.90 Å². The summed E-state index contributed by atoms with van der Waals surface area (Å²) in [5.74, 6) is 0.117. The Morgan fingerprint density at radius 1 is 1.33 bits per heavy atom. The number of esters is 1. The Morgan fingerprint density at radius 3 is 2.43 bits per heavy atom. The van der Waals surface area contributed by atoms with Crippen molar-refractivity contribution in [2.24, 2.45) is 5.92 Å². The summed E-state index contributed by atoms with van der Waals surface area (Å²) in [5, 5.41) is 3.38. The van der Waals surface area contributed by atoms with Crippen LogP contribution in [0.4, 0.5) is 4.79 Å². The van der Waals surface area contributed by atoms with Gasteiger partial charge >= 0.3 is 12.1 Å². The summed E-state index contributed by atoms with van der Waals surface area (Å²) in [7, 11) is 1.34. The van der Waals surface area contributed by atoms with E-state index >= 15 is 0 Å². The lowest BCUT2D eigenvalue weighted by atomic mass is 10.1. The molecule has 0 spiro atoms. The Bertz CT molecular complexity index is 376. The Hall–Kier alpha value is -1.30. The zero-order valence-corrected chi connectivity index (χ0v) is 13.9. The van der Waals surface area contributed by atoms with E-state index < -0.39 is 23.7 Å². The van der Waals surface area contributed by atoms with E-state index in [4.69, 9.17) is 9.47 Å². The van der Waals surface area contributed by atoms with Gasteiger partial charge in [0.05, 0.1) is 7.11 Å². The van der Waals surface area contributed by atoms with Gasteiger partial charge < -0.3 is 14.8 Å². The Kier molecular flexibility index (Phi) is 6.01. The van der Waals surface area contributed by atoms with Gasteiger partial charge in [-0.25, -0.2) is 9.59 Å². The quantitative estimate of drug-likeness (QED) is 0.802. The largest absolute Gasteiger partial charge is 0.467 e. The van der Waals surface area contributed by atoms with E-state index in [1.807, 2.05) is 20.8 Å². The van der Waals surface area contributed by atoms with E-state index in [0.717, 1.165) is 6.54 Å². The molecule has 0 aromatic heterocycles. The van der Waals surface area contributed by atoms with Crippen LogP contribution in [-0.4, -0.2) is 54.8 Å². The molecule has 6 heteroatoms. The summed E-state index contributed by atoms with van der Waals surface area (Å²) in [6, 6.07) is -0.487. The number of methoxy groups -OCH3 is 1. The molecular weight excluding hydrogens is 272 g/mol. The molecule has 0 saturated carbocycles. The van der Waals surface area contributed by atoms with Crippen LogP contribution in [0.5, 0.6) is 0 Å². The Balaban J connectivity index is 2.73. The summed E-state index contributed by atoms with van der Waals surface area (Å²) >= 11 is 0. The lowest BCUT2D eigenvalue weighted by molar-refractivity contribution is -0.145. The maximum Gasteiger partial charge on any atom is 0.411 e. The first-order chi connectivity index (χ1) is 9.64. The van der Waals surface area contributed by atoms with E-state index in [1.165, 1.54) is 12.0 Å². The van der Waals surface area contributed by atoms with E-state index in [-0.39, 0.29) is 6.04 Å². The minimum Gasteiger partial charge on any atom is -0.467 e. The van der Waals surface area contributed by atoms with E-state index in [2.05, 4.69) is 19.2 Å². The fourth-order valence-electron chi connectivity index (χ4n) is 2.27. The van der Waals surface area contributed by atoms with Crippen molar-refractivity contribution in [2.75, 3.05) is 20.2 Å². The maximum atomic E-state index is 12.2. The van der Waals surface area contributed by atoms with Gasteiger partial charge in [-0.1, -0.05) is 13.8 Å². The summed E-state index contributed by atoms with van der Waals surface area (Å²) < 4.78 is 10.2. The normalized spacial score (nSPS) is 22.5. The highest BCUT2D eigenvalue weighted by molar-refractivity contribution is 5.82. The van der Waals surface area contributed by atoms with Crippen molar-refractivity contribution < 1.29 is 19.1 Å². The second-order valence-electron chi connectivity index (χ2n) is 6.91. The minimum atomic E-state index is -0.582. The van der Waals surface area contributed by atoms with Crippen molar-refractivity contribution >= 4 is 12.1 Å². The van der Waals surface area contributed by atoms with Gasteiger partial charge in [-0.05, 0) is 39.7 Å². The van der Waals surface area contributed by atoms with Crippen LogP contribution in [-0.2, 0) is 14.3 Å². The molecule has 1 aliphatic rings. The van der Waals surface area contributed by atoms with Gasteiger partial charge in [0.15, 0.2) is 0 Å². The van der Waals surface area contributed by atoms with Gasteiger partial charge in [0.25, 0.3) is 0 Å². The molecule has 0 aromatic rings. The highest BCUT2D eigenvalue weighted by atomic mass is 16.6. The number of likely N-dealkylation sites (tertiary alicyclic amines) is 1. The standard InChI is InChI=1S/C15H28N2O4/c1-10(2)8-16-11-7-12(13(18)20-6)17(9-11)14(19)21-15(3,4)5/h10-12,16H,7-9H2,1-6H3/t11-,12+/m1/s1. The Morgan fingerprint density at radius 2 is 1.95 bits per heavy atom. The predicted octanol–water partition coefficient (Wildman–Crippen LogP) is 1.78. The van der Waals surface area contributed by atoms with Crippen molar-refractivity contribution in [3.63, 3.8) is 0 Å². The van der Waals surface area contributed by atoms with E-state index in [1.54, 1.807) is 0 Å². The van der Waals surface area contributed by atoms with Crippen LogP contribution in [0.15, 0.2) is 0 Å². The molecular formula is C15H28N2O4. The molecule has 1 amide bonds. The molecule has 6 nitrogen and oxygen atoms in total. The van der Waals surface area contributed by atoms with Gasteiger partial charge in [-0.15, -0.1) is 0 Å². The van der Waals surface area contributed by atoms with Crippen LogP contribution >= 0.6 is 0 Å². The highest BCUT2D eigenvalue weighted by Crippen LogP contribution is 2.22. The second-order valence-corrected chi connectivity index (χ2v) is 6.91. The molecule has 122 valence electrons. The molecule has 1 fully saturated rings. The molecule has 0 bridgehead atoms. The van der Waals surface area contributed by atoms with E-state index in [0.29, 0.717) is 18.9 Å². The highest BCUT2D eigenvalue weighted by Gasteiger charge is 2.41. The SMILES string of the molecule is COC(=O)[C@@H]1C[C@@H](NCC(C)C)CN1C(=O)OC(C)(C)C. The number of hydrogen-bond acceptors (Lipinski definition) is 5. The maximum absolute atomic E-state index is 12.2. The average molecular weight is 300 g/mol. The average Bonchev–Trinajstić information content (AvgIpc) is 2.77. The minimum absolute atomic E-state index is 0.0871. The van der Waals surface area contributed by atoms with Crippen LogP contribution in [0.1, 0.15) is 41.0 Å². The molecule has 21 heavy (non-hydrogen) atoms. The topological polar surface area (TPSA) is 67.9 Å². The molecule has 0 aliphatic carbocycles. The predicted molar refractivity (Wildman–Crippen MR) is 80.0 cm³/mol. The van der Waals surface area contributed by atoms with Gasteiger partial charge in [-0.2, -0.15) is 0 Å². The molecule has 1 saturated heterocycles. The van der Waals surface area contributed by atoms with Gasteiger partial charge in [0, 0.05) is 12.6 Å². The lowest BCUT2D eigenvalue weighted by Gasteiger charge is -2.27. The third kappa shape index (κ3) is 5.53. The molecule has 1 heterocycles. The number of ether oxygens (including phenoxy) is 2. The molecule has 1 rings (SSSR count). The molecule has 2 atom stereocenters. The summed E-state index contributed by atoms with van der Waals surface area (Å²) in [6.45, 7) is 11.0. The zero-order chi connectivity index (χ0) is 16.2. The summed E-state index contributed by atoms with van der Waals surface area (Å²) in [6.07, 6.45) is 0.0882. The summed E-state index contributed by atoms with van der Waals surface area (Å²) in [5.41, 5.74) is -0.582. The molecule has 0 unspecified atom stereocenters. The third-order valence-corrected chi connectivity index (χ3v) is 3.22. The van der Waals surface area contributed by atoms with Crippen LogP contribution in [0.25, 0.3) is 0 Å². The monoisotopic (exact) mass is 300 g/mol. The van der Waals surface area contributed by atoms with Crippen molar-refractivity contribution in [3.05, 3.63) is 0 Å². The van der Waals surface area contributed by atoms with Crippen molar-refractivity contribution in [1.82, 2.24) is 10.2 Å². The van der Waals surface area contributed by atoms with Crippen molar-refractivity contribution in [2.45, 2.75) is 58.7 Å². The number of hydrogen-bond donors (Lipinski definition) is 1. The lowest BCUT2D eigenvalue weighted by Crippen LogP contribution is -2.44. The van der Waals surface area contributed by atoms with Crippen molar-refractivity contribution in [3.8, 4) is 0 Å². The number of amides is 1. The smallest absolute Gasteiger partial charge is 0.411 e. The number of rotatable bonds is 4. The second kappa shape index (κ2) is 7.11. The van der Waals surface area contributed by atoms with Crippen LogP contribution in [0.3, 0.4) is 0 Å². The number of nitrogens with one attached hydrogen (secondary N) is 1. The number of carbonyl (C=O) groups is 2. The first-order valence-electron chi connectivity index (χ1n) is 7.45. The van der Waals surface area contributed by atoms with Crippen LogP contribution < -0.4 is 5.32 Å². The first kappa shape index (κ1) is 17.8. The number of nitrogens with zero attached hydrogens (tertiary/aromatic N) is 1. The Labute approximate surface area is 127 Å². The van der Waals surface area contributed by atoms with E-state index in [9.17, 15) is 9.59 Å². The van der Waals surface area contributed by atoms with Gasteiger partial charge in [0.1, 0.15) is 11.6 Å². The molecule has 0 aromatic carbocycles. The summed E-state index contributed by atoms with van der Waals surface area (Å²) in [4.78, 5) is 25.6. The van der Waals surface area contributed by atoms with Crippen molar-refractivity contribution in [1.29, 1.82) is 0 Å². The van der Waals surface area contributed by atoms with Crippen LogP contribution in [0, 0.1) is 5.92 Å². The van der Waals surface area contributed by atoms with Crippen LogP contribution in [0.2, 0.25) is 0 Å². The molecule has 0 radical (unpaired) electrons. The molecule has 1 N–H and O–H groups in total. The number of carbonyl (C=O) groups excluding carboxylic acids is 2. The fraction of sp³-hybridized carbons (Fsp3) is 0.867. The van der Waals surface area contributed by atoms with Gasteiger partial charge in [0.2, 0.25) is 0 Å². The molecule has 1 aliphatic heterocycles. The zero-order valence-electron chi connectivity index (χ0n) is 13.9. The first-order valence-corrected chi connectivity index (χ1v) is 7.45. The third-order valence-electron chi connectivity index (χ3n) is 3.22. The fourth-order valence-corrected chi connectivity index (χ4v) is 2.27.